The molecule has 0 aromatic heterocycles. The first-order valence-electron chi connectivity index (χ1n) is 15.7. The summed E-state index contributed by atoms with van der Waals surface area (Å²) in [7, 11) is 0. The Morgan fingerprint density at radius 3 is 1.15 bits per heavy atom. The van der Waals surface area contributed by atoms with Gasteiger partial charge in [0.05, 0.1) is 11.4 Å². The van der Waals surface area contributed by atoms with Gasteiger partial charge in [0.15, 0.2) is 0 Å². The zero-order valence-electron chi connectivity index (χ0n) is 26.5. The molecule has 0 amide bonds. The molecule has 6 aromatic carbocycles. The van der Waals surface area contributed by atoms with Gasteiger partial charge >= 0.3 is 0 Å². The molecule has 0 saturated carbocycles. The van der Waals surface area contributed by atoms with Crippen molar-refractivity contribution in [3.63, 3.8) is 0 Å². The summed E-state index contributed by atoms with van der Waals surface area (Å²) in [6.45, 7) is 12.2. The zero-order chi connectivity index (χ0) is 31.9. The van der Waals surface area contributed by atoms with E-state index in [-0.39, 0.29) is 0 Å². The molecule has 0 N–H and O–H groups in total. The Morgan fingerprint density at radius 2 is 0.804 bits per heavy atom. The molecule has 0 aliphatic carbocycles. The normalized spacial score (nSPS) is 12.4. The van der Waals surface area contributed by atoms with Gasteiger partial charge in [-0.1, -0.05) is 122 Å². The Morgan fingerprint density at radius 1 is 0.457 bits per heavy atom. The lowest BCUT2D eigenvalue weighted by Gasteiger charge is -2.30. The Balaban J connectivity index is 1.76. The molecule has 0 unspecified atom stereocenters. The van der Waals surface area contributed by atoms with Crippen LogP contribution in [0.25, 0.3) is 32.3 Å². The summed E-state index contributed by atoms with van der Waals surface area (Å²) in [5.74, 6) is 0. The molecule has 6 aromatic rings. The van der Waals surface area contributed by atoms with Gasteiger partial charge in [0.1, 0.15) is 0 Å². The second kappa shape index (κ2) is 13.8. The van der Waals surface area contributed by atoms with Crippen molar-refractivity contribution >= 4 is 55.1 Å². The van der Waals surface area contributed by atoms with Gasteiger partial charge in [-0.2, -0.15) is 0 Å². The van der Waals surface area contributed by atoms with E-state index in [1.165, 1.54) is 32.3 Å². The van der Waals surface area contributed by atoms with E-state index in [1.54, 1.807) is 0 Å². The molecule has 2 heteroatoms. The van der Waals surface area contributed by atoms with E-state index in [0.717, 1.165) is 34.1 Å². The first-order valence-corrected chi connectivity index (χ1v) is 15.7. The lowest BCUT2D eigenvalue weighted by atomic mass is 9.93. The third-order valence-electron chi connectivity index (χ3n) is 8.12. The maximum Gasteiger partial charge on any atom is 0.0546 e. The Bertz CT molecular complexity index is 1990. The van der Waals surface area contributed by atoms with Crippen LogP contribution in [0.15, 0.2) is 194 Å². The van der Waals surface area contributed by atoms with Crippen molar-refractivity contribution < 1.29 is 0 Å². The maximum atomic E-state index is 4.04. The van der Waals surface area contributed by atoms with E-state index >= 15 is 0 Å². The van der Waals surface area contributed by atoms with E-state index in [9.17, 15) is 0 Å². The Kier molecular flexibility index (Phi) is 9.08. The number of nitrogens with zero attached hydrogens (tertiary/aromatic N) is 2. The van der Waals surface area contributed by atoms with Crippen LogP contribution in [0.5, 0.6) is 0 Å². The van der Waals surface area contributed by atoms with Crippen molar-refractivity contribution in [2.45, 2.75) is 13.8 Å². The van der Waals surface area contributed by atoms with Gasteiger partial charge in [-0.05, 0) is 96.1 Å². The largest absolute Gasteiger partial charge is 0.310 e. The highest BCUT2D eigenvalue weighted by Crippen LogP contribution is 2.46. The SMILES string of the molecule is C=CC=C(C=CC)N(c1ccccc1)c1cc2c3ccccc3c(N(C(C=CC)=CC=C)c3ccccc3)cc2c2ccccc12. The predicted molar refractivity (Wildman–Crippen MR) is 202 cm³/mol. The van der Waals surface area contributed by atoms with Gasteiger partial charge in [-0.25, -0.2) is 0 Å². The molecule has 2 nitrogen and oxygen atoms in total. The van der Waals surface area contributed by atoms with E-state index < -0.39 is 0 Å². The van der Waals surface area contributed by atoms with Gasteiger partial charge in [0, 0.05) is 33.5 Å². The first-order chi connectivity index (χ1) is 22.7. The minimum Gasteiger partial charge on any atom is -0.310 e. The van der Waals surface area contributed by atoms with E-state index in [2.05, 4.69) is 195 Å². The molecule has 0 bridgehead atoms. The second-order valence-corrected chi connectivity index (χ2v) is 11.0. The van der Waals surface area contributed by atoms with E-state index in [1.807, 2.05) is 12.2 Å². The predicted octanol–water partition coefficient (Wildman–Crippen LogP) is 12.7. The molecule has 0 aliphatic rings. The van der Waals surface area contributed by atoms with Crippen LogP contribution in [-0.2, 0) is 0 Å². The number of fused-ring (bicyclic) bond motifs is 5. The van der Waals surface area contributed by atoms with Crippen LogP contribution in [0.1, 0.15) is 13.8 Å². The highest BCUT2D eigenvalue weighted by Gasteiger charge is 2.22. The highest BCUT2D eigenvalue weighted by atomic mass is 15.2. The molecular formula is C44H38N2. The molecule has 0 heterocycles. The van der Waals surface area contributed by atoms with Crippen molar-refractivity contribution in [1.82, 2.24) is 0 Å². The minimum atomic E-state index is 1.04. The van der Waals surface area contributed by atoms with Gasteiger partial charge in [0.2, 0.25) is 0 Å². The third kappa shape index (κ3) is 5.69. The summed E-state index contributed by atoms with van der Waals surface area (Å²) in [6.07, 6.45) is 16.3. The number of allylic oxidation sites excluding steroid dienone is 8. The molecule has 0 radical (unpaired) electrons. The number of hydrogen-bond acceptors (Lipinski definition) is 2. The van der Waals surface area contributed by atoms with Crippen molar-refractivity contribution in [3.8, 4) is 0 Å². The number of anilines is 4. The molecular weight excluding hydrogens is 556 g/mol. The van der Waals surface area contributed by atoms with E-state index in [4.69, 9.17) is 0 Å². The van der Waals surface area contributed by atoms with Gasteiger partial charge in [0.25, 0.3) is 0 Å². The van der Waals surface area contributed by atoms with Crippen LogP contribution in [0.3, 0.4) is 0 Å². The Hall–Kier alpha value is -5.86. The van der Waals surface area contributed by atoms with Crippen LogP contribution in [0, 0.1) is 0 Å². The van der Waals surface area contributed by atoms with E-state index in [0.29, 0.717) is 0 Å². The molecule has 46 heavy (non-hydrogen) atoms. The summed E-state index contributed by atoms with van der Waals surface area (Å²) in [5.41, 5.74) is 6.46. The molecule has 0 spiro atoms. The quantitative estimate of drug-likeness (QED) is 0.115. The lowest BCUT2D eigenvalue weighted by Crippen LogP contribution is -2.16. The smallest absolute Gasteiger partial charge is 0.0546 e. The summed E-state index contributed by atoms with van der Waals surface area (Å²) in [5, 5.41) is 7.10. The fraction of sp³-hybridized carbons (Fsp3) is 0.0455. The fourth-order valence-electron chi connectivity index (χ4n) is 6.28. The number of para-hydroxylation sites is 2. The van der Waals surface area contributed by atoms with Gasteiger partial charge in [-0.15, -0.1) is 0 Å². The van der Waals surface area contributed by atoms with Crippen molar-refractivity contribution in [3.05, 3.63) is 194 Å². The van der Waals surface area contributed by atoms with Gasteiger partial charge in [-0.3, -0.25) is 0 Å². The average molecular weight is 595 g/mol. The van der Waals surface area contributed by atoms with Crippen molar-refractivity contribution in [1.29, 1.82) is 0 Å². The first kappa shape index (κ1) is 30.2. The maximum absolute atomic E-state index is 4.04. The molecule has 6 rings (SSSR count). The van der Waals surface area contributed by atoms with Crippen molar-refractivity contribution in [2.24, 2.45) is 0 Å². The summed E-state index contributed by atoms with van der Waals surface area (Å²) in [6, 6.07) is 43.3. The number of benzene rings is 6. The zero-order valence-corrected chi connectivity index (χ0v) is 26.5. The molecule has 0 saturated heterocycles. The molecule has 0 fully saturated rings. The fourth-order valence-corrected chi connectivity index (χ4v) is 6.28. The monoisotopic (exact) mass is 594 g/mol. The summed E-state index contributed by atoms with van der Waals surface area (Å²) in [4.78, 5) is 4.67. The molecule has 224 valence electrons. The number of rotatable bonds is 10. The summed E-state index contributed by atoms with van der Waals surface area (Å²) < 4.78 is 0. The topological polar surface area (TPSA) is 6.48 Å². The summed E-state index contributed by atoms with van der Waals surface area (Å²) >= 11 is 0. The lowest BCUT2D eigenvalue weighted by molar-refractivity contribution is 1.22. The number of hydrogen-bond donors (Lipinski definition) is 0. The molecule has 0 aliphatic heterocycles. The standard InChI is InChI=1S/C44H38N2/c1-5-19-33(20-6-2)45(35-23-11-9-12-24-35)43-31-41-38-28-16-18-30-40(38)44(32-42(41)37-27-15-17-29-39(37)43)46(34(21-7-3)22-8-4)36-25-13-10-14-26-36/h5-32H,1,3H2,2,4H3. The van der Waals surface area contributed by atoms with Gasteiger partial charge < -0.3 is 9.80 Å². The highest BCUT2D eigenvalue weighted by molar-refractivity contribution is 6.24. The average Bonchev–Trinajstić information content (AvgIpc) is 3.10. The second-order valence-electron chi connectivity index (χ2n) is 11.0. The van der Waals surface area contributed by atoms with Crippen molar-refractivity contribution in [2.75, 3.05) is 9.80 Å². The van der Waals surface area contributed by atoms with Crippen LogP contribution in [0.4, 0.5) is 22.7 Å². The van der Waals surface area contributed by atoms with Crippen LogP contribution >= 0.6 is 0 Å². The van der Waals surface area contributed by atoms with Crippen LogP contribution in [-0.4, -0.2) is 0 Å². The molecule has 0 atom stereocenters. The third-order valence-corrected chi connectivity index (χ3v) is 8.12. The minimum absolute atomic E-state index is 1.04. The van der Waals surface area contributed by atoms with Crippen LogP contribution < -0.4 is 9.80 Å². The Labute approximate surface area is 272 Å². The van der Waals surface area contributed by atoms with Crippen LogP contribution in [0.2, 0.25) is 0 Å².